The van der Waals surface area contributed by atoms with Gasteiger partial charge >= 0.3 is 5.97 Å². The molecule has 0 heterocycles. The third-order valence-electron chi connectivity index (χ3n) is 3.37. The molecule has 0 spiro atoms. The van der Waals surface area contributed by atoms with Gasteiger partial charge in [0.2, 0.25) is 0 Å². The monoisotopic (exact) mass is 338 g/mol. The van der Waals surface area contributed by atoms with Gasteiger partial charge in [-0.15, -0.1) is 12.3 Å². The van der Waals surface area contributed by atoms with Crippen molar-refractivity contribution in [3.05, 3.63) is 11.6 Å². The van der Waals surface area contributed by atoms with Crippen molar-refractivity contribution in [2.45, 2.75) is 71.5 Å². The first-order chi connectivity index (χ1) is 11.4. The average molecular weight is 338 g/mol. The molecule has 1 N–H and O–H groups in total. The summed E-state index contributed by atoms with van der Waals surface area (Å²) in [6.45, 7) is 6.17. The minimum absolute atomic E-state index is 0.0106. The summed E-state index contributed by atoms with van der Waals surface area (Å²) in [5.41, 5.74) is 0.874. The Bertz CT molecular complexity index is 447. The van der Waals surface area contributed by atoms with Crippen LogP contribution in [-0.2, 0) is 19.1 Å². The lowest BCUT2D eigenvalue weighted by molar-refractivity contribution is -0.146. The topological polar surface area (TPSA) is 72.8 Å². The molecule has 2 atom stereocenters. The summed E-state index contributed by atoms with van der Waals surface area (Å²) in [6, 6.07) is 0. The maximum Gasteiger partial charge on any atom is 0.308 e. The molecule has 0 saturated heterocycles. The molecule has 0 aliphatic heterocycles. The summed E-state index contributed by atoms with van der Waals surface area (Å²) in [6.07, 6.45) is 8.55. The maximum absolute atomic E-state index is 11.8. The molecule has 0 rings (SSSR count). The van der Waals surface area contributed by atoms with Crippen molar-refractivity contribution in [3.63, 3.8) is 0 Å². The standard InChI is InChI=1S/C19H30O5/c1-5-8-16(20)13-17(21)12-15(4)10-11-24-18(9-6-2)14-19(22)23-7-3/h2,10,16,18,20H,5,7-9,11-14H2,1,3-4H3/b15-10-/t16-,18+/m0/s1. The second-order valence-corrected chi connectivity index (χ2v) is 5.79. The zero-order valence-electron chi connectivity index (χ0n) is 15.0. The van der Waals surface area contributed by atoms with Crippen LogP contribution in [0.1, 0.15) is 59.3 Å². The molecule has 0 aliphatic carbocycles. The first kappa shape index (κ1) is 22.4. The van der Waals surface area contributed by atoms with E-state index in [1.165, 1.54) is 0 Å². The molecule has 0 fully saturated rings. The molecule has 136 valence electrons. The molecule has 24 heavy (non-hydrogen) atoms. The van der Waals surface area contributed by atoms with E-state index in [2.05, 4.69) is 5.92 Å². The molecular weight excluding hydrogens is 308 g/mol. The van der Waals surface area contributed by atoms with Crippen LogP contribution in [0.5, 0.6) is 0 Å². The third kappa shape index (κ3) is 11.9. The number of ketones is 1. The van der Waals surface area contributed by atoms with E-state index in [9.17, 15) is 14.7 Å². The second-order valence-electron chi connectivity index (χ2n) is 5.79. The van der Waals surface area contributed by atoms with Crippen LogP contribution in [0.2, 0.25) is 0 Å². The first-order valence-corrected chi connectivity index (χ1v) is 8.48. The lowest BCUT2D eigenvalue weighted by Gasteiger charge is -2.14. The van der Waals surface area contributed by atoms with Gasteiger partial charge in [-0.05, 0) is 20.3 Å². The van der Waals surface area contributed by atoms with Gasteiger partial charge < -0.3 is 14.6 Å². The highest BCUT2D eigenvalue weighted by atomic mass is 16.5. The number of esters is 1. The van der Waals surface area contributed by atoms with Gasteiger partial charge in [-0.3, -0.25) is 9.59 Å². The highest BCUT2D eigenvalue weighted by Crippen LogP contribution is 2.10. The lowest BCUT2D eigenvalue weighted by Crippen LogP contribution is -2.19. The van der Waals surface area contributed by atoms with Crippen LogP contribution in [0.4, 0.5) is 0 Å². The van der Waals surface area contributed by atoms with Gasteiger partial charge in [0.15, 0.2) is 0 Å². The molecule has 0 bridgehead atoms. The Labute approximate surface area is 145 Å². The van der Waals surface area contributed by atoms with Gasteiger partial charge in [-0.2, -0.15) is 0 Å². The van der Waals surface area contributed by atoms with E-state index in [-0.39, 0.29) is 37.3 Å². The van der Waals surface area contributed by atoms with E-state index >= 15 is 0 Å². The molecule has 0 amide bonds. The minimum atomic E-state index is -0.559. The molecule has 0 saturated carbocycles. The van der Waals surface area contributed by atoms with Crippen LogP contribution >= 0.6 is 0 Å². The van der Waals surface area contributed by atoms with Crippen molar-refractivity contribution in [1.82, 2.24) is 0 Å². The summed E-state index contributed by atoms with van der Waals surface area (Å²) < 4.78 is 10.5. The van der Waals surface area contributed by atoms with E-state index in [4.69, 9.17) is 15.9 Å². The Hall–Kier alpha value is -1.64. The number of hydrogen-bond acceptors (Lipinski definition) is 5. The maximum atomic E-state index is 11.8. The fourth-order valence-electron chi connectivity index (χ4n) is 2.21. The molecule has 0 aromatic rings. The van der Waals surface area contributed by atoms with E-state index < -0.39 is 6.10 Å². The zero-order valence-corrected chi connectivity index (χ0v) is 15.0. The summed E-state index contributed by atoms with van der Waals surface area (Å²) in [5, 5.41) is 9.64. The van der Waals surface area contributed by atoms with Crippen molar-refractivity contribution in [1.29, 1.82) is 0 Å². The highest BCUT2D eigenvalue weighted by molar-refractivity contribution is 5.81. The molecule has 0 aliphatic rings. The fraction of sp³-hybridized carbons (Fsp3) is 0.684. The minimum Gasteiger partial charge on any atom is -0.466 e. The van der Waals surface area contributed by atoms with E-state index in [0.717, 1.165) is 12.0 Å². The van der Waals surface area contributed by atoms with E-state index in [1.54, 1.807) is 13.0 Å². The highest BCUT2D eigenvalue weighted by Gasteiger charge is 2.14. The number of allylic oxidation sites excluding steroid dienone is 1. The van der Waals surface area contributed by atoms with Gasteiger partial charge in [0, 0.05) is 19.3 Å². The number of hydrogen-bond donors (Lipinski definition) is 1. The molecular formula is C19H30O5. The zero-order chi connectivity index (χ0) is 18.4. The molecule has 0 aromatic carbocycles. The van der Waals surface area contributed by atoms with Crippen molar-refractivity contribution >= 4 is 11.8 Å². The Morgan fingerprint density at radius 2 is 2.00 bits per heavy atom. The number of aliphatic hydroxyl groups excluding tert-OH is 1. The first-order valence-electron chi connectivity index (χ1n) is 8.48. The number of aliphatic hydroxyl groups is 1. The van der Waals surface area contributed by atoms with E-state index in [0.29, 0.717) is 25.9 Å². The average Bonchev–Trinajstić information content (AvgIpc) is 2.47. The number of carbonyl (C=O) groups is 2. The summed E-state index contributed by atoms with van der Waals surface area (Å²) in [7, 11) is 0. The Kier molecular flexibility index (Phi) is 12.8. The third-order valence-corrected chi connectivity index (χ3v) is 3.37. The Morgan fingerprint density at radius 3 is 2.58 bits per heavy atom. The van der Waals surface area contributed by atoms with E-state index in [1.807, 2.05) is 13.8 Å². The Balaban J connectivity index is 4.25. The predicted molar refractivity (Wildman–Crippen MR) is 93.4 cm³/mol. The molecule has 0 unspecified atom stereocenters. The van der Waals surface area contributed by atoms with Gasteiger partial charge in [0.05, 0.1) is 31.8 Å². The van der Waals surface area contributed by atoms with Crippen molar-refractivity contribution in [3.8, 4) is 12.3 Å². The number of rotatable bonds is 13. The number of carbonyl (C=O) groups excluding carboxylic acids is 2. The van der Waals surface area contributed by atoms with Crippen LogP contribution in [0.25, 0.3) is 0 Å². The summed E-state index contributed by atoms with van der Waals surface area (Å²) in [5.74, 6) is 2.16. The number of Topliss-reactive ketones (excluding diaryl/α,β-unsaturated/α-hetero) is 1. The quantitative estimate of drug-likeness (QED) is 0.318. The van der Waals surface area contributed by atoms with Crippen LogP contribution in [0.3, 0.4) is 0 Å². The molecule has 5 heteroatoms. The Morgan fingerprint density at radius 1 is 1.29 bits per heavy atom. The number of ether oxygens (including phenoxy) is 2. The van der Waals surface area contributed by atoms with Gasteiger partial charge in [-0.25, -0.2) is 0 Å². The fourth-order valence-corrected chi connectivity index (χ4v) is 2.21. The van der Waals surface area contributed by atoms with Crippen LogP contribution in [-0.4, -0.2) is 42.3 Å². The summed E-state index contributed by atoms with van der Waals surface area (Å²) >= 11 is 0. The van der Waals surface area contributed by atoms with Crippen molar-refractivity contribution in [2.75, 3.05) is 13.2 Å². The number of terminal acetylenes is 1. The normalized spacial score (nSPS) is 13.9. The molecule has 5 nitrogen and oxygen atoms in total. The molecule has 0 aromatic heterocycles. The smallest absolute Gasteiger partial charge is 0.308 e. The SMILES string of the molecule is C#CC[C@H](CC(=O)OCC)OC/C=C(/C)CC(=O)C[C@@H](O)CCC. The molecule has 0 radical (unpaired) electrons. The van der Waals surface area contributed by atoms with Crippen LogP contribution < -0.4 is 0 Å². The van der Waals surface area contributed by atoms with Gasteiger partial charge in [-0.1, -0.05) is 25.0 Å². The second kappa shape index (κ2) is 13.8. The predicted octanol–water partition coefficient (Wildman–Crippen LogP) is 2.80. The van der Waals surface area contributed by atoms with Crippen molar-refractivity contribution in [2.24, 2.45) is 0 Å². The van der Waals surface area contributed by atoms with Gasteiger partial charge in [0.1, 0.15) is 5.78 Å². The lowest BCUT2D eigenvalue weighted by atomic mass is 10.0. The summed E-state index contributed by atoms with van der Waals surface area (Å²) in [4.78, 5) is 23.3. The van der Waals surface area contributed by atoms with Gasteiger partial charge in [0.25, 0.3) is 0 Å². The largest absolute Gasteiger partial charge is 0.466 e. The van der Waals surface area contributed by atoms with Crippen LogP contribution in [0, 0.1) is 12.3 Å². The van der Waals surface area contributed by atoms with Crippen LogP contribution in [0.15, 0.2) is 11.6 Å². The van der Waals surface area contributed by atoms with Crippen molar-refractivity contribution < 1.29 is 24.2 Å².